The van der Waals surface area contributed by atoms with Gasteiger partial charge in [0.1, 0.15) is 5.76 Å². The summed E-state index contributed by atoms with van der Waals surface area (Å²) in [5.41, 5.74) is 2.33. The van der Waals surface area contributed by atoms with Crippen molar-refractivity contribution in [3.8, 4) is 0 Å². The van der Waals surface area contributed by atoms with Crippen LogP contribution in [0, 0.1) is 0 Å². The Hall–Kier alpha value is -1.83. The number of benzene rings is 1. The largest absolute Gasteiger partial charge is 0.441 e. The van der Waals surface area contributed by atoms with Gasteiger partial charge in [0, 0.05) is 12.5 Å². The quantitative estimate of drug-likeness (QED) is 0.778. The summed E-state index contributed by atoms with van der Waals surface area (Å²) >= 11 is 0. The van der Waals surface area contributed by atoms with Gasteiger partial charge < -0.3 is 4.42 Å². The van der Waals surface area contributed by atoms with E-state index in [1.54, 1.807) is 0 Å². The number of nitrogens with zero attached hydrogens (tertiary/aromatic N) is 1. The second kappa shape index (κ2) is 4.58. The van der Waals surface area contributed by atoms with Gasteiger partial charge in [-0.15, -0.1) is 0 Å². The summed E-state index contributed by atoms with van der Waals surface area (Å²) in [4.78, 5) is 4.51. The fourth-order valence-corrected chi connectivity index (χ4v) is 2.17. The summed E-state index contributed by atoms with van der Waals surface area (Å²) < 4.78 is 5.73. The van der Waals surface area contributed by atoms with Crippen LogP contribution in [-0.4, -0.2) is 4.98 Å². The molecule has 1 aromatic heterocycles. The van der Waals surface area contributed by atoms with Gasteiger partial charge in [0.15, 0.2) is 0 Å². The van der Waals surface area contributed by atoms with Crippen molar-refractivity contribution in [1.29, 1.82) is 0 Å². The summed E-state index contributed by atoms with van der Waals surface area (Å²) in [6, 6.07) is 10.2. The predicted molar refractivity (Wildman–Crippen MR) is 68.5 cm³/mol. The third-order valence-electron chi connectivity index (χ3n) is 3.08. The second-order valence-electron chi connectivity index (χ2n) is 4.37. The van der Waals surface area contributed by atoms with Crippen LogP contribution in [0.3, 0.4) is 0 Å². The van der Waals surface area contributed by atoms with Crippen molar-refractivity contribution in [2.24, 2.45) is 0 Å². The normalized spacial score (nSPS) is 15.1. The maximum absolute atomic E-state index is 5.73. The highest BCUT2D eigenvalue weighted by Crippen LogP contribution is 2.22. The molecule has 86 valence electrons. The van der Waals surface area contributed by atoms with Crippen molar-refractivity contribution >= 4 is 12.2 Å². The van der Waals surface area contributed by atoms with Gasteiger partial charge in [-0.2, -0.15) is 0 Å². The first-order chi connectivity index (χ1) is 8.42. The van der Waals surface area contributed by atoms with E-state index < -0.39 is 0 Å². The number of oxazole rings is 1. The summed E-state index contributed by atoms with van der Waals surface area (Å²) in [6.45, 7) is 0. The molecule has 0 atom stereocenters. The van der Waals surface area contributed by atoms with Crippen LogP contribution >= 0.6 is 0 Å². The van der Waals surface area contributed by atoms with Crippen LogP contribution in [0.25, 0.3) is 12.2 Å². The lowest BCUT2D eigenvalue weighted by atomic mass is 10.0. The van der Waals surface area contributed by atoms with E-state index in [-0.39, 0.29) is 0 Å². The molecule has 0 bridgehead atoms. The number of hydrogen-bond acceptors (Lipinski definition) is 2. The lowest BCUT2D eigenvalue weighted by Gasteiger charge is -2.05. The van der Waals surface area contributed by atoms with E-state index in [0.29, 0.717) is 0 Å². The molecule has 0 N–H and O–H groups in total. The van der Waals surface area contributed by atoms with E-state index in [2.05, 4.69) is 17.1 Å². The smallest absolute Gasteiger partial charge is 0.219 e. The Morgan fingerprint density at radius 2 is 1.82 bits per heavy atom. The molecule has 1 aliphatic carbocycles. The Morgan fingerprint density at radius 3 is 2.65 bits per heavy atom. The number of aryl methyl sites for hydroxylation is 2. The van der Waals surface area contributed by atoms with Crippen molar-refractivity contribution in [2.75, 3.05) is 0 Å². The Bertz CT molecular complexity index is 502. The highest BCUT2D eigenvalue weighted by Gasteiger charge is 2.15. The van der Waals surface area contributed by atoms with Gasteiger partial charge in [-0.25, -0.2) is 4.98 Å². The van der Waals surface area contributed by atoms with E-state index in [4.69, 9.17) is 4.42 Å². The number of fused-ring (bicyclic) bond motifs is 1. The summed E-state index contributed by atoms with van der Waals surface area (Å²) in [5.74, 6) is 1.82. The maximum Gasteiger partial charge on any atom is 0.219 e. The molecule has 2 heteroatoms. The fraction of sp³-hybridized carbons (Fsp3) is 0.267. The zero-order valence-corrected chi connectivity index (χ0v) is 9.73. The first-order valence-electron chi connectivity index (χ1n) is 6.13. The van der Waals surface area contributed by atoms with Crippen molar-refractivity contribution in [3.05, 3.63) is 53.2 Å². The number of aromatic nitrogens is 1. The fourth-order valence-electron chi connectivity index (χ4n) is 2.17. The molecule has 0 unspecified atom stereocenters. The molecule has 0 fully saturated rings. The van der Waals surface area contributed by atoms with Crippen molar-refractivity contribution in [2.45, 2.75) is 25.7 Å². The summed E-state index contributed by atoms with van der Waals surface area (Å²) in [5, 5.41) is 0. The molecular formula is C15H15NO. The first kappa shape index (κ1) is 10.3. The van der Waals surface area contributed by atoms with Crippen LogP contribution in [0.1, 0.15) is 35.7 Å². The SMILES string of the molecule is C(=C\c1nc2c(o1)CCCC2)/c1ccccc1. The monoisotopic (exact) mass is 225 g/mol. The molecule has 0 saturated heterocycles. The molecule has 2 nitrogen and oxygen atoms in total. The minimum absolute atomic E-state index is 0.737. The Kier molecular flexibility index (Phi) is 2.78. The Morgan fingerprint density at radius 1 is 1.00 bits per heavy atom. The second-order valence-corrected chi connectivity index (χ2v) is 4.37. The lowest BCUT2D eigenvalue weighted by molar-refractivity contribution is 0.470. The van der Waals surface area contributed by atoms with Gasteiger partial charge in [-0.05, 0) is 30.9 Å². The molecule has 3 rings (SSSR count). The molecule has 0 spiro atoms. The van der Waals surface area contributed by atoms with E-state index >= 15 is 0 Å². The molecule has 2 aromatic rings. The van der Waals surface area contributed by atoms with Gasteiger partial charge in [-0.3, -0.25) is 0 Å². The third-order valence-corrected chi connectivity index (χ3v) is 3.08. The Balaban J connectivity index is 1.81. The average Bonchev–Trinajstić information content (AvgIpc) is 2.80. The molecule has 1 aliphatic rings. The van der Waals surface area contributed by atoms with Gasteiger partial charge in [0.25, 0.3) is 0 Å². The zero-order valence-electron chi connectivity index (χ0n) is 9.73. The standard InChI is InChI=1S/C15H15NO/c1-2-6-12(7-3-1)10-11-15-16-13-8-4-5-9-14(13)17-15/h1-3,6-7,10-11H,4-5,8-9H2/b11-10+. The third kappa shape index (κ3) is 2.31. The number of rotatable bonds is 2. The molecule has 0 radical (unpaired) electrons. The topological polar surface area (TPSA) is 26.0 Å². The summed E-state index contributed by atoms with van der Waals surface area (Å²) in [6.07, 6.45) is 8.57. The van der Waals surface area contributed by atoms with E-state index in [1.165, 1.54) is 18.4 Å². The van der Waals surface area contributed by atoms with Crippen LogP contribution in [0.5, 0.6) is 0 Å². The van der Waals surface area contributed by atoms with E-state index in [9.17, 15) is 0 Å². The highest BCUT2D eigenvalue weighted by atomic mass is 16.4. The van der Waals surface area contributed by atoms with Crippen LogP contribution in [0.15, 0.2) is 34.7 Å². The molecule has 0 amide bonds. The van der Waals surface area contributed by atoms with Gasteiger partial charge in [0.2, 0.25) is 5.89 Å². The van der Waals surface area contributed by atoms with Crippen LogP contribution in [0.4, 0.5) is 0 Å². The van der Waals surface area contributed by atoms with E-state index in [0.717, 1.165) is 30.2 Å². The summed E-state index contributed by atoms with van der Waals surface area (Å²) in [7, 11) is 0. The van der Waals surface area contributed by atoms with Gasteiger partial charge in [0.05, 0.1) is 5.69 Å². The average molecular weight is 225 g/mol. The van der Waals surface area contributed by atoms with Gasteiger partial charge in [-0.1, -0.05) is 30.3 Å². The maximum atomic E-state index is 5.73. The van der Waals surface area contributed by atoms with Crippen molar-refractivity contribution < 1.29 is 4.42 Å². The molecule has 0 aliphatic heterocycles. The van der Waals surface area contributed by atoms with E-state index in [1.807, 2.05) is 30.4 Å². The molecule has 0 saturated carbocycles. The lowest BCUT2D eigenvalue weighted by Crippen LogP contribution is -1.99. The van der Waals surface area contributed by atoms with Gasteiger partial charge >= 0.3 is 0 Å². The molecule has 1 aromatic carbocycles. The zero-order chi connectivity index (χ0) is 11.5. The van der Waals surface area contributed by atoms with Crippen LogP contribution in [-0.2, 0) is 12.8 Å². The number of hydrogen-bond donors (Lipinski definition) is 0. The molecule has 1 heterocycles. The van der Waals surface area contributed by atoms with Crippen LogP contribution < -0.4 is 0 Å². The van der Waals surface area contributed by atoms with Crippen molar-refractivity contribution in [3.63, 3.8) is 0 Å². The van der Waals surface area contributed by atoms with Crippen molar-refractivity contribution in [1.82, 2.24) is 4.98 Å². The first-order valence-corrected chi connectivity index (χ1v) is 6.13. The minimum atomic E-state index is 0.737. The predicted octanol–water partition coefficient (Wildman–Crippen LogP) is 3.72. The minimum Gasteiger partial charge on any atom is -0.441 e. The van der Waals surface area contributed by atoms with Crippen LogP contribution in [0.2, 0.25) is 0 Å². The molecular weight excluding hydrogens is 210 g/mol. The Labute approximate surface area is 101 Å². The highest BCUT2D eigenvalue weighted by molar-refractivity contribution is 5.65. The molecule has 17 heavy (non-hydrogen) atoms.